The zero-order chi connectivity index (χ0) is 8.73. The van der Waals surface area contributed by atoms with E-state index in [1.54, 1.807) is 12.5 Å². The van der Waals surface area contributed by atoms with Crippen LogP contribution >= 0.6 is 0 Å². The van der Waals surface area contributed by atoms with Crippen LogP contribution in [0, 0.1) is 0 Å². The molecule has 4 nitrogen and oxygen atoms in total. The SMILES string of the molecule is C1=CN2C=NNC23C=CN=CC3=C1. The van der Waals surface area contributed by atoms with E-state index in [1.807, 2.05) is 35.5 Å². The van der Waals surface area contributed by atoms with Gasteiger partial charge in [-0.15, -0.1) is 0 Å². The Kier molecular flexibility index (Phi) is 1.07. The summed E-state index contributed by atoms with van der Waals surface area (Å²) in [6.45, 7) is 0. The third kappa shape index (κ3) is 0.697. The first-order valence-corrected chi connectivity index (χ1v) is 4.10. The number of rotatable bonds is 0. The van der Waals surface area contributed by atoms with Crippen molar-refractivity contribution in [3.63, 3.8) is 0 Å². The quantitative estimate of drug-likeness (QED) is 0.580. The first-order chi connectivity index (χ1) is 6.42. The van der Waals surface area contributed by atoms with Crippen molar-refractivity contribution in [1.82, 2.24) is 10.3 Å². The summed E-state index contributed by atoms with van der Waals surface area (Å²) in [5.41, 5.74) is 3.87. The van der Waals surface area contributed by atoms with Crippen molar-refractivity contribution in [2.24, 2.45) is 10.1 Å². The van der Waals surface area contributed by atoms with Gasteiger partial charge in [0.25, 0.3) is 0 Å². The zero-order valence-electron chi connectivity index (χ0n) is 6.88. The maximum atomic E-state index is 4.09. The van der Waals surface area contributed by atoms with Gasteiger partial charge < -0.3 is 4.90 Å². The van der Waals surface area contributed by atoms with Crippen LogP contribution < -0.4 is 5.43 Å². The predicted octanol–water partition coefficient (Wildman–Crippen LogP) is 0.583. The molecule has 0 aromatic carbocycles. The molecular formula is C9H8N4. The molecule has 3 aliphatic rings. The van der Waals surface area contributed by atoms with Crippen molar-refractivity contribution < 1.29 is 0 Å². The minimum atomic E-state index is -0.309. The van der Waals surface area contributed by atoms with E-state index in [0.717, 1.165) is 5.57 Å². The smallest absolute Gasteiger partial charge is 0.179 e. The monoisotopic (exact) mass is 172 g/mol. The lowest BCUT2D eigenvalue weighted by Gasteiger charge is -2.36. The number of nitrogens with zero attached hydrogens (tertiary/aromatic N) is 3. The average molecular weight is 172 g/mol. The van der Waals surface area contributed by atoms with Crippen molar-refractivity contribution in [1.29, 1.82) is 0 Å². The zero-order valence-corrected chi connectivity index (χ0v) is 6.88. The lowest BCUT2D eigenvalue weighted by molar-refractivity contribution is 0.333. The minimum Gasteiger partial charge on any atom is -0.305 e. The second kappa shape index (κ2) is 2.10. The summed E-state index contributed by atoms with van der Waals surface area (Å²) in [6, 6.07) is 0. The Morgan fingerprint density at radius 3 is 3.46 bits per heavy atom. The second-order valence-electron chi connectivity index (χ2n) is 3.09. The van der Waals surface area contributed by atoms with Crippen molar-refractivity contribution in [3.05, 3.63) is 36.2 Å². The van der Waals surface area contributed by atoms with Crippen LogP contribution in [-0.4, -0.2) is 23.1 Å². The molecule has 13 heavy (non-hydrogen) atoms. The Hall–Kier alpha value is -1.84. The molecule has 0 radical (unpaired) electrons. The molecular weight excluding hydrogens is 164 g/mol. The summed E-state index contributed by atoms with van der Waals surface area (Å²) in [5, 5.41) is 4.05. The van der Waals surface area contributed by atoms with Crippen LogP contribution in [0.3, 0.4) is 0 Å². The van der Waals surface area contributed by atoms with E-state index < -0.39 is 0 Å². The highest BCUT2D eigenvalue weighted by molar-refractivity contribution is 5.87. The number of aliphatic imine (C=N–C) groups is 1. The largest absolute Gasteiger partial charge is 0.305 e. The predicted molar refractivity (Wildman–Crippen MR) is 51.1 cm³/mol. The summed E-state index contributed by atoms with van der Waals surface area (Å²) >= 11 is 0. The number of hydrogen-bond acceptors (Lipinski definition) is 4. The van der Waals surface area contributed by atoms with E-state index in [2.05, 4.69) is 15.5 Å². The Labute approximate surface area is 75.6 Å². The summed E-state index contributed by atoms with van der Waals surface area (Å²) in [4.78, 5) is 6.10. The van der Waals surface area contributed by atoms with E-state index in [4.69, 9.17) is 0 Å². The molecule has 0 saturated carbocycles. The van der Waals surface area contributed by atoms with E-state index in [9.17, 15) is 0 Å². The molecule has 3 heterocycles. The van der Waals surface area contributed by atoms with Crippen molar-refractivity contribution >= 4 is 12.6 Å². The Bertz CT molecular complexity index is 388. The molecule has 3 rings (SSSR count). The van der Waals surface area contributed by atoms with Gasteiger partial charge in [0.15, 0.2) is 5.66 Å². The van der Waals surface area contributed by atoms with Gasteiger partial charge >= 0.3 is 0 Å². The maximum Gasteiger partial charge on any atom is 0.179 e. The van der Waals surface area contributed by atoms with Gasteiger partial charge in [-0.05, 0) is 12.2 Å². The van der Waals surface area contributed by atoms with Crippen LogP contribution in [0.4, 0.5) is 0 Å². The summed E-state index contributed by atoms with van der Waals surface area (Å²) < 4.78 is 0. The fraction of sp³-hybridized carbons (Fsp3) is 0.111. The summed E-state index contributed by atoms with van der Waals surface area (Å²) in [6.07, 6.45) is 13.4. The second-order valence-corrected chi connectivity index (χ2v) is 3.09. The molecule has 4 heteroatoms. The van der Waals surface area contributed by atoms with E-state index in [0.29, 0.717) is 0 Å². The van der Waals surface area contributed by atoms with Crippen molar-refractivity contribution in [2.45, 2.75) is 5.66 Å². The molecule has 64 valence electrons. The van der Waals surface area contributed by atoms with Crippen molar-refractivity contribution in [3.8, 4) is 0 Å². The van der Waals surface area contributed by atoms with Crippen LogP contribution in [0.2, 0.25) is 0 Å². The number of hydrogen-bond donors (Lipinski definition) is 1. The first kappa shape index (κ1) is 6.65. The van der Waals surface area contributed by atoms with Crippen LogP contribution in [0.5, 0.6) is 0 Å². The van der Waals surface area contributed by atoms with Gasteiger partial charge in [0.2, 0.25) is 0 Å². The molecule has 0 saturated heterocycles. The Morgan fingerprint density at radius 1 is 1.46 bits per heavy atom. The third-order valence-electron chi connectivity index (χ3n) is 2.40. The first-order valence-electron chi connectivity index (χ1n) is 4.10. The Morgan fingerprint density at radius 2 is 2.46 bits per heavy atom. The maximum absolute atomic E-state index is 4.09. The molecule has 0 aromatic rings. The highest BCUT2D eigenvalue weighted by Gasteiger charge is 2.40. The molecule has 0 bridgehead atoms. The van der Waals surface area contributed by atoms with Gasteiger partial charge in [-0.3, -0.25) is 10.4 Å². The highest BCUT2D eigenvalue weighted by Crippen LogP contribution is 2.30. The molecule has 0 fully saturated rings. The number of allylic oxidation sites excluding steroid dienone is 2. The minimum absolute atomic E-state index is 0.309. The standard InChI is InChI=1S/C9H8N4/c1-2-8-6-10-4-3-9(8)12-11-7-13(9)5-1/h1-7,12H. The van der Waals surface area contributed by atoms with Gasteiger partial charge in [0.1, 0.15) is 6.34 Å². The van der Waals surface area contributed by atoms with Crippen LogP contribution in [-0.2, 0) is 0 Å². The number of hydrazone groups is 1. The molecule has 0 aliphatic carbocycles. The van der Waals surface area contributed by atoms with Gasteiger partial charge in [0, 0.05) is 24.2 Å². The normalized spacial score (nSPS) is 32.6. The van der Waals surface area contributed by atoms with Crippen LogP contribution in [0.25, 0.3) is 0 Å². The summed E-state index contributed by atoms with van der Waals surface area (Å²) in [5.74, 6) is 0. The van der Waals surface area contributed by atoms with Gasteiger partial charge in [0.05, 0.1) is 0 Å². The topological polar surface area (TPSA) is 40.0 Å². The van der Waals surface area contributed by atoms with Gasteiger partial charge in [-0.1, -0.05) is 6.08 Å². The van der Waals surface area contributed by atoms with Crippen LogP contribution in [0.1, 0.15) is 0 Å². The van der Waals surface area contributed by atoms with E-state index >= 15 is 0 Å². The summed E-state index contributed by atoms with van der Waals surface area (Å²) in [7, 11) is 0. The molecule has 0 amide bonds. The van der Waals surface area contributed by atoms with Crippen molar-refractivity contribution in [2.75, 3.05) is 0 Å². The van der Waals surface area contributed by atoms with E-state index in [-0.39, 0.29) is 5.66 Å². The molecule has 1 N–H and O–H groups in total. The molecule has 1 spiro atoms. The average Bonchev–Trinajstić information content (AvgIpc) is 2.58. The van der Waals surface area contributed by atoms with E-state index in [1.165, 1.54) is 0 Å². The highest BCUT2D eigenvalue weighted by atomic mass is 15.5. The number of nitrogens with one attached hydrogen (secondary N) is 1. The lowest BCUT2D eigenvalue weighted by atomic mass is 9.95. The molecule has 1 unspecified atom stereocenters. The molecule has 3 aliphatic heterocycles. The third-order valence-corrected chi connectivity index (χ3v) is 2.40. The van der Waals surface area contributed by atoms with Crippen LogP contribution in [0.15, 0.2) is 46.3 Å². The lowest BCUT2D eigenvalue weighted by Crippen LogP contribution is -2.52. The van der Waals surface area contributed by atoms with Gasteiger partial charge in [-0.25, -0.2) is 0 Å². The Balaban J connectivity index is 2.17. The fourth-order valence-corrected chi connectivity index (χ4v) is 1.71. The van der Waals surface area contributed by atoms with Gasteiger partial charge in [-0.2, -0.15) is 5.10 Å². The molecule has 0 aromatic heterocycles. The fourth-order valence-electron chi connectivity index (χ4n) is 1.71. The molecule has 1 atom stereocenters.